The number of benzene rings is 1. The first kappa shape index (κ1) is 19.3. The standard InChI is InChI=1S/C21H18ClN5OS/c1-13-7-6-10-17(24-13)18-14(2)29-21(25-18)26-20(28)16-11-23-27(19(16)22)12-15-8-4-3-5-9-15/h3-11H,12H2,1-2H3,(H,25,26,28). The lowest BCUT2D eigenvalue weighted by molar-refractivity contribution is 0.102. The lowest BCUT2D eigenvalue weighted by Crippen LogP contribution is -2.12. The Bertz CT molecular complexity index is 1170. The minimum Gasteiger partial charge on any atom is -0.298 e. The van der Waals surface area contributed by atoms with E-state index in [9.17, 15) is 4.79 Å². The summed E-state index contributed by atoms with van der Waals surface area (Å²) in [6.07, 6.45) is 1.48. The zero-order chi connectivity index (χ0) is 20.4. The van der Waals surface area contributed by atoms with Crippen LogP contribution in [-0.4, -0.2) is 25.7 Å². The van der Waals surface area contributed by atoms with Crippen LogP contribution in [0.4, 0.5) is 5.13 Å². The van der Waals surface area contributed by atoms with Gasteiger partial charge in [-0.25, -0.2) is 9.67 Å². The Balaban J connectivity index is 1.52. The van der Waals surface area contributed by atoms with Crippen LogP contribution in [0.2, 0.25) is 5.15 Å². The van der Waals surface area contributed by atoms with Gasteiger partial charge in [0.25, 0.3) is 5.91 Å². The molecule has 8 heteroatoms. The molecule has 1 aromatic carbocycles. The molecule has 0 unspecified atom stereocenters. The number of pyridine rings is 1. The number of anilines is 1. The number of halogens is 1. The highest BCUT2D eigenvalue weighted by atomic mass is 35.5. The number of aromatic nitrogens is 4. The van der Waals surface area contributed by atoms with Crippen molar-refractivity contribution in [2.24, 2.45) is 0 Å². The van der Waals surface area contributed by atoms with Crippen LogP contribution in [0.15, 0.2) is 54.7 Å². The van der Waals surface area contributed by atoms with Crippen molar-refractivity contribution in [3.63, 3.8) is 0 Å². The molecule has 0 fully saturated rings. The highest BCUT2D eigenvalue weighted by Crippen LogP contribution is 2.30. The number of nitrogens with zero attached hydrogens (tertiary/aromatic N) is 4. The Kier molecular flexibility index (Phi) is 5.42. The van der Waals surface area contributed by atoms with Gasteiger partial charge in [0.05, 0.1) is 24.0 Å². The summed E-state index contributed by atoms with van der Waals surface area (Å²) in [6.45, 7) is 4.38. The van der Waals surface area contributed by atoms with Crippen LogP contribution in [-0.2, 0) is 6.54 Å². The fourth-order valence-corrected chi connectivity index (χ4v) is 3.97. The molecular weight excluding hydrogens is 406 g/mol. The second-order valence-electron chi connectivity index (χ2n) is 6.53. The topological polar surface area (TPSA) is 72.7 Å². The van der Waals surface area contributed by atoms with E-state index in [1.807, 2.05) is 62.4 Å². The highest BCUT2D eigenvalue weighted by Gasteiger charge is 2.19. The second-order valence-corrected chi connectivity index (χ2v) is 8.10. The number of hydrogen-bond acceptors (Lipinski definition) is 5. The molecule has 0 aliphatic heterocycles. The van der Waals surface area contributed by atoms with Gasteiger partial charge in [0.15, 0.2) is 5.13 Å². The summed E-state index contributed by atoms with van der Waals surface area (Å²) in [5.74, 6) is -0.341. The molecule has 4 aromatic rings. The molecule has 0 saturated heterocycles. The molecule has 29 heavy (non-hydrogen) atoms. The summed E-state index contributed by atoms with van der Waals surface area (Å²) in [5, 5.41) is 7.87. The van der Waals surface area contributed by atoms with Gasteiger partial charge in [-0.1, -0.05) is 48.0 Å². The van der Waals surface area contributed by atoms with Gasteiger partial charge < -0.3 is 0 Å². The Hall–Kier alpha value is -3.03. The van der Waals surface area contributed by atoms with Gasteiger partial charge in [0.2, 0.25) is 0 Å². The van der Waals surface area contributed by atoms with E-state index in [1.165, 1.54) is 17.5 Å². The summed E-state index contributed by atoms with van der Waals surface area (Å²) in [5.41, 5.74) is 3.83. The molecular formula is C21H18ClN5OS. The number of carbonyl (C=O) groups is 1. The average molecular weight is 424 g/mol. The number of rotatable bonds is 5. The van der Waals surface area contributed by atoms with Crippen molar-refractivity contribution in [2.45, 2.75) is 20.4 Å². The molecule has 0 spiro atoms. The Morgan fingerprint density at radius 1 is 1.10 bits per heavy atom. The van der Waals surface area contributed by atoms with E-state index in [0.717, 1.165) is 27.5 Å². The van der Waals surface area contributed by atoms with E-state index in [4.69, 9.17) is 11.6 Å². The molecule has 0 aliphatic rings. The van der Waals surface area contributed by atoms with E-state index in [-0.39, 0.29) is 5.91 Å². The van der Waals surface area contributed by atoms with Gasteiger partial charge in [0.1, 0.15) is 10.8 Å². The van der Waals surface area contributed by atoms with Crippen molar-refractivity contribution < 1.29 is 4.79 Å². The maximum Gasteiger partial charge on any atom is 0.262 e. The first-order valence-electron chi connectivity index (χ1n) is 8.99. The SMILES string of the molecule is Cc1cccc(-c2nc(NC(=O)c3cnn(Cc4ccccc4)c3Cl)sc2C)n1. The zero-order valence-corrected chi connectivity index (χ0v) is 17.5. The molecule has 0 atom stereocenters. The maximum atomic E-state index is 12.7. The van der Waals surface area contributed by atoms with Gasteiger partial charge in [0, 0.05) is 10.6 Å². The van der Waals surface area contributed by atoms with Crippen molar-refractivity contribution in [3.8, 4) is 11.4 Å². The molecule has 1 N–H and O–H groups in total. The molecule has 0 bridgehead atoms. The third-order valence-electron chi connectivity index (χ3n) is 4.34. The van der Waals surface area contributed by atoms with Gasteiger partial charge >= 0.3 is 0 Å². The maximum absolute atomic E-state index is 12.7. The number of nitrogens with one attached hydrogen (secondary N) is 1. The molecule has 4 rings (SSSR count). The monoisotopic (exact) mass is 423 g/mol. The molecule has 146 valence electrons. The fraction of sp³-hybridized carbons (Fsp3) is 0.143. The first-order valence-corrected chi connectivity index (χ1v) is 10.2. The predicted molar refractivity (Wildman–Crippen MR) is 116 cm³/mol. The second kappa shape index (κ2) is 8.14. The van der Waals surface area contributed by atoms with Crippen molar-refractivity contribution in [2.75, 3.05) is 5.32 Å². The van der Waals surface area contributed by atoms with Crippen molar-refractivity contribution in [1.29, 1.82) is 0 Å². The number of carbonyl (C=O) groups excluding carboxylic acids is 1. The normalized spacial score (nSPS) is 10.9. The average Bonchev–Trinajstić information content (AvgIpc) is 3.25. The van der Waals surface area contributed by atoms with E-state index in [0.29, 0.717) is 22.4 Å². The van der Waals surface area contributed by atoms with Crippen LogP contribution in [0, 0.1) is 13.8 Å². The summed E-state index contributed by atoms with van der Waals surface area (Å²) >= 11 is 7.80. The van der Waals surface area contributed by atoms with Gasteiger partial charge in [-0.05, 0) is 31.5 Å². The van der Waals surface area contributed by atoms with Crippen LogP contribution >= 0.6 is 22.9 Å². The predicted octanol–water partition coefficient (Wildman–Crippen LogP) is 4.97. The smallest absolute Gasteiger partial charge is 0.262 e. The van der Waals surface area contributed by atoms with Crippen LogP contribution < -0.4 is 5.32 Å². The summed E-state index contributed by atoms with van der Waals surface area (Å²) in [6, 6.07) is 15.6. The van der Waals surface area contributed by atoms with E-state index >= 15 is 0 Å². The minimum absolute atomic E-state index is 0.292. The number of aryl methyl sites for hydroxylation is 2. The van der Waals surface area contributed by atoms with Crippen molar-refractivity contribution in [3.05, 3.63) is 81.6 Å². The Morgan fingerprint density at radius 2 is 1.90 bits per heavy atom. The van der Waals surface area contributed by atoms with Gasteiger partial charge in [-0.3, -0.25) is 15.1 Å². The zero-order valence-electron chi connectivity index (χ0n) is 15.9. The van der Waals surface area contributed by atoms with Gasteiger partial charge in [-0.2, -0.15) is 5.10 Å². The summed E-state index contributed by atoms with van der Waals surface area (Å²) < 4.78 is 1.60. The summed E-state index contributed by atoms with van der Waals surface area (Å²) in [7, 11) is 0. The van der Waals surface area contributed by atoms with Crippen LogP contribution in [0.3, 0.4) is 0 Å². The molecule has 6 nitrogen and oxygen atoms in total. The lowest BCUT2D eigenvalue weighted by Gasteiger charge is -2.04. The van der Waals surface area contributed by atoms with Crippen LogP contribution in [0.1, 0.15) is 26.5 Å². The van der Waals surface area contributed by atoms with Crippen LogP contribution in [0.25, 0.3) is 11.4 Å². The van der Waals surface area contributed by atoms with Crippen LogP contribution in [0.5, 0.6) is 0 Å². The Morgan fingerprint density at radius 3 is 2.66 bits per heavy atom. The molecule has 3 aromatic heterocycles. The fourth-order valence-electron chi connectivity index (χ4n) is 2.92. The Labute approximate surface area is 177 Å². The quantitative estimate of drug-likeness (QED) is 0.491. The summed E-state index contributed by atoms with van der Waals surface area (Å²) in [4.78, 5) is 22.7. The number of amides is 1. The molecule has 1 amide bonds. The van der Waals surface area contributed by atoms with E-state index in [2.05, 4.69) is 20.4 Å². The minimum atomic E-state index is -0.341. The molecule has 0 aliphatic carbocycles. The van der Waals surface area contributed by atoms with E-state index in [1.54, 1.807) is 4.68 Å². The van der Waals surface area contributed by atoms with Crippen molar-refractivity contribution in [1.82, 2.24) is 19.7 Å². The molecule has 3 heterocycles. The first-order chi connectivity index (χ1) is 14.0. The molecule has 0 radical (unpaired) electrons. The largest absolute Gasteiger partial charge is 0.298 e. The molecule has 0 saturated carbocycles. The third-order valence-corrected chi connectivity index (χ3v) is 5.63. The number of hydrogen-bond donors (Lipinski definition) is 1. The lowest BCUT2D eigenvalue weighted by atomic mass is 10.2. The van der Waals surface area contributed by atoms with Gasteiger partial charge in [-0.15, -0.1) is 11.3 Å². The number of thiazole rings is 1. The van der Waals surface area contributed by atoms with Crippen molar-refractivity contribution >= 4 is 34.0 Å². The third kappa shape index (κ3) is 4.21. The highest BCUT2D eigenvalue weighted by molar-refractivity contribution is 7.16. The van der Waals surface area contributed by atoms with E-state index < -0.39 is 0 Å².